The molecule has 0 spiro atoms. The minimum absolute atomic E-state index is 0.0181. The van der Waals surface area contributed by atoms with E-state index in [2.05, 4.69) is 10.1 Å². The molecule has 1 N–H and O–H groups in total. The number of unbranched alkanes of at least 4 members (excludes halogenated alkanes) is 1. The molecule has 0 saturated carbocycles. The maximum Gasteiger partial charge on any atom is 0.421 e. The fourth-order valence-electron chi connectivity index (χ4n) is 2.90. The summed E-state index contributed by atoms with van der Waals surface area (Å²) in [5.41, 5.74) is 3.14. The Morgan fingerprint density at radius 3 is 2.60 bits per heavy atom. The summed E-state index contributed by atoms with van der Waals surface area (Å²) in [6, 6.07) is 12.5. The molecule has 3 rings (SSSR count). The zero-order valence-electron chi connectivity index (χ0n) is 16.9. The number of hydrogen-bond acceptors (Lipinski definition) is 6. The molecule has 0 aliphatic heterocycles. The van der Waals surface area contributed by atoms with Gasteiger partial charge in [0.15, 0.2) is 0 Å². The highest BCUT2D eigenvalue weighted by Gasteiger charge is 2.23. The number of amides is 1. The number of nitrogens with one attached hydrogen (secondary N) is 1. The number of sulfonamides is 1. The van der Waals surface area contributed by atoms with Crippen molar-refractivity contribution in [1.29, 1.82) is 0 Å². The van der Waals surface area contributed by atoms with E-state index in [0.717, 1.165) is 23.1 Å². The van der Waals surface area contributed by atoms with Crippen LogP contribution in [0.4, 0.5) is 4.79 Å². The summed E-state index contributed by atoms with van der Waals surface area (Å²) in [4.78, 5) is 15.8. The van der Waals surface area contributed by atoms with Gasteiger partial charge in [-0.2, -0.15) is 5.10 Å². The van der Waals surface area contributed by atoms with Crippen LogP contribution in [0.2, 0.25) is 0 Å². The first-order valence-corrected chi connectivity index (χ1v) is 11.1. The number of nitrogens with zero attached hydrogens (tertiary/aromatic N) is 3. The quantitative estimate of drug-likeness (QED) is 0.551. The summed E-state index contributed by atoms with van der Waals surface area (Å²) in [6.45, 7) is 4.56. The van der Waals surface area contributed by atoms with Gasteiger partial charge in [-0.25, -0.2) is 27.6 Å². The van der Waals surface area contributed by atoms with Crippen molar-refractivity contribution in [3.63, 3.8) is 0 Å². The molecule has 30 heavy (non-hydrogen) atoms. The summed E-state index contributed by atoms with van der Waals surface area (Å²) in [6.07, 6.45) is 3.64. The van der Waals surface area contributed by atoms with Crippen LogP contribution in [0.1, 0.15) is 30.9 Å². The van der Waals surface area contributed by atoms with Gasteiger partial charge in [0.1, 0.15) is 12.7 Å². The monoisotopic (exact) mass is 428 g/mol. The SMILES string of the molecule is CCCCOC(=O)NS(=O)(=O)c1ccc(C)cc1-c1ccc(Cn2cncn2)cc1. The van der Waals surface area contributed by atoms with Gasteiger partial charge < -0.3 is 4.74 Å². The average Bonchev–Trinajstić information content (AvgIpc) is 3.21. The Bertz CT molecular complexity index is 1090. The summed E-state index contributed by atoms with van der Waals surface area (Å²) in [5, 5.41) is 4.08. The number of hydrogen-bond donors (Lipinski definition) is 1. The average molecular weight is 429 g/mol. The van der Waals surface area contributed by atoms with E-state index in [4.69, 9.17) is 4.74 Å². The molecule has 0 bridgehead atoms. The molecular weight excluding hydrogens is 404 g/mol. The molecule has 0 fully saturated rings. The second-order valence-corrected chi connectivity index (χ2v) is 8.54. The largest absolute Gasteiger partial charge is 0.449 e. The molecule has 2 aromatic carbocycles. The first-order chi connectivity index (χ1) is 14.4. The Kier molecular flexibility index (Phi) is 6.83. The predicted octanol–water partition coefficient (Wildman–Crippen LogP) is 3.52. The Balaban J connectivity index is 1.85. The molecule has 1 amide bonds. The first kappa shape index (κ1) is 21.5. The Labute approximate surface area is 176 Å². The number of aromatic nitrogens is 3. The van der Waals surface area contributed by atoms with Crippen molar-refractivity contribution in [2.45, 2.75) is 38.1 Å². The van der Waals surface area contributed by atoms with Crippen LogP contribution in [0.3, 0.4) is 0 Å². The summed E-state index contributed by atoms with van der Waals surface area (Å²) >= 11 is 0. The minimum atomic E-state index is -4.09. The number of benzene rings is 2. The second kappa shape index (κ2) is 9.53. The Morgan fingerprint density at radius 2 is 1.93 bits per heavy atom. The van der Waals surface area contributed by atoms with Crippen LogP contribution in [-0.4, -0.2) is 35.9 Å². The lowest BCUT2D eigenvalue weighted by atomic mass is 10.0. The van der Waals surface area contributed by atoms with Gasteiger partial charge in [0.25, 0.3) is 10.0 Å². The van der Waals surface area contributed by atoms with Crippen LogP contribution >= 0.6 is 0 Å². The predicted molar refractivity (Wildman–Crippen MR) is 112 cm³/mol. The molecule has 1 heterocycles. The van der Waals surface area contributed by atoms with Crippen molar-refractivity contribution in [3.8, 4) is 11.1 Å². The number of ether oxygens (including phenoxy) is 1. The van der Waals surface area contributed by atoms with Crippen molar-refractivity contribution in [3.05, 3.63) is 66.2 Å². The molecule has 0 unspecified atom stereocenters. The zero-order valence-corrected chi connectivity index (χ0v) is 17.7. The van der Waals surface area contributed by atoms with E-state index < -0.39 is 16.1 Å². The molecule has 0 aliphatic carbocycles. The molecular formula is C21H24N4O4S. The molecule has 8 nitrogen and oxygen atoms in total. The third-order valence-electron chi connectivity index (χ3n) is 4.45. The molecule has 9 heteroatoms. The lowest BCUT2D eigenvalue weighted by molar-refractivity contribution is 0.151. The standard InChI is InChI=1S/C21H24N4O4S/c1-3-4-11-29-21(26)24-30(27,28)20-10-5-16(2)12-19(20)18-8-6-17(7-9-18)13-25-15-22-14-23-25/h5-10,12,14-15H,3-4,11,13H2,1-2H3,(H,24,26). The molecule has 0 radical (unpaired) electrons. The van der Waals surface area contributed by atoms with E-state index >= 15 is 0 Å². The van der Waals surface area contributed by atoms with Gasteiger partial charge in [-0.05, 0) is 30.5 Å². The topological polar surface area (TPSA) is 103 Å². The summed E-state index contributed by atoms with van der Waals surface area (Å²) < 4.78 is 34.3. The van der Waals surface area contributed by atoms with Crippen LogP contribution in [0.5, 0.6) is 0 Å². The van der Waals surface area contributed by atoms with Gasteiger partial charge >= 0.3 is 6.09 Å². The van der Waals surface area contributed by atoms with E-state index in [0.29, 0.717) is 18.5 Å². The van der Waals surface area contributed by atoms with Crippen molar-refractivity contribution >= 4 is 16.1 Å². The normalized spacial score (nSPS) is 11.3. The second-order valence-electron chi connectivity index (χ2n) is 6.88. The number of aryl methyl sites for hydroxylation is 1. The van der Waals surface area contributed by atoms with Gasteiger partial charge in [0.2, 0.25) is 0 Å². The van der Waals surface area contributed by atoms with Crippen molar-refractivity contribution < 1.29 is 17.9 Å². The molecule has 1 aromatic heterocycles. The van der Waals surface area contributed by atoms with Crippen LogP contribution in [0.25, 0.3) is 11.1 Å². The minimum Gasteiger partial charge on any atom is -0.449 e. The molecule has 0 saturated heterocycles. The Hall–Kier alpha value is -3.20. The van der Waals surface area contributed by atoms with E-state index in [-0.39, 0.29) is 11.5 Å². The lowest BCUT2D eigenvalue weighted by Crippen LogP contribution is -2.31. The van der Waals surface area contributed by atoms with Crippen LogP contribution < -0.4 is 4.72 Å². The summed E-state index contributed by atoms with van der Waals surface area (Å²) in [7, 11) is -4.09. The highest BCUT2D eigenvalue weighted by atomic mass is 32.2. The van der Waals surface area contributed by atoms with Crippen LogP contribution in [-0.2, 0) is 21.3 Å². The summed E-state index contributed by atoms with van der Waals surface area (Å²) in [5.74, 6) is 0. The van der Waals surface area contributed by atoms with Gasteiger partial charge in [0.05, 0.1) is 18.0 Å². The fourth-order valence-corrected chi connectivity index (χ4v) is 4.00. The fraction of sp³-hybridized carbons (Fsp3) is 0.286. The van der Waals surface area contributed by atoms with Crippen LogP contribution in [0, 0.1) is 6.92 Å². The van der Waals surface area contributed by atoms with E-state index in [1.807, 2.05) is 42.8 Å². The number of carbonyl (C=O) groups is 1. The lowest BCUT2D eigenvalue weighted by Gasteiger charge is -2.13. The van der Waals surface area contributed by atoms with Crippen molar-refractivity contribution in [2.24, 2.45) is 0 Å². The third kappa shape index (κ3) is 5.44. The van der Waals surface area contributed by atoms with Crippen molar-refractivity contribution in [1.82, 2.24) is 19.5 Å². The van der Waals surface area contributed by atoms with Gasteiger partial charge in [-0.3, -0.25) is 0 Å². The highest BCUT2D eigenvalue weighted by Crippen LogP contribution is 2.29. The molecule has 3 aromatic rings. The number of rotatable bonds is 8. The first-order valence-electron chi connectivity index (χ1n) is 9.61. The van der Waals surface area contributed by atoms with Gasteiger partial charge in [-0.15, -0.1) is 0 Å². The van der Waals surface area contributed by atoms with Crippen LogP contribution in [0.15, 0.2) is 60.0 Å². The van der Waals surface area contributed by atoms with E-state index in [9.17, 15) is 13.2 Å². The van der Waals surface area contributed by atoms with E-state index in [1.54, 1.807) is 23.1 Å². The number of carbonyl (C=O) groups excluding carboxylic acids is 1. The highest BCUT2D eigenvalue weighted by molar-refractivity contribution is 7.90. The maximum absolute atomic E-state index is 12.8. The van der Waals surface area contributed by atoms with Gasteiger partial charge in [0, 0.05) is 5.56 Å². The maximum atomic E-state index is 12.8. The third-order valence-corrected chi connectivity index (χ3v) is 5.82. The molecule has 0 atom stereocenters. The van der Waals surface area contributed by atoms with E-state index in [1.165, 1.54) is 12.4 Å². The molecule has 0 aliphatic rings. The smallest absolute Gasteiger partial charge is 0.421 e. The molecule has 158 valence electrons. The zero-order chi connectivity index (χ0) is 21.6. The van der Waals surface area contributed by atoms with Crippen molar-refractivity contribution in [2.75, 3.05) is 6.61 Å². The Morgan fingerprint density at radius 1 is 1.17 bits per heavy atom. The van der Waals surface area contributed by atoms with Gasteiger partial charge in [-0.1, -0.05) is 55.3 Å².